The summed E-state index contributed by atoms with van der Waals surface area (Å²) in [6.45, 7) is 8.95. The Hall–Kier alpha value is 0.686. The maximum Gasteiger partial charge on any atom is 2.00 e. The van der Waals surface area contributed by atoms with Crippen LogP contribution in [0.2, 0.25) is 0 Å². The van der Waals surface area contributed by atoms with Crippen LogP contribution in [-0.2, 0) is 0 Å². The molecule has 0 N–H and O–H groups in total. The van der Waals surface area contributed by atoms with Gasteiger partial charge in [-0.2, -0.15) is 0 Å². The predicted octanol–water partition coefficient (Wildman–Crippen LogP) is 9.27. The number of unbranched alkanes of at least 4 members (excludes halogenated alkanes) is 18. The first-order chi connectivity index (χ1) is 16.6. The zero-order chi connectivity index (χ0) is 25.5. The van der Waals surface area contributed by atoms with Crippen LogP contribution in [-0.4, -0.2) is 35.3 Å². The van der Waals surface area contributed by atoms with Crippen LogP contribution < -0.4 is 10.2 Å². The second kappa shape index (κ2) is 36.8. The van der Waals surface area contributed by atoms with Gasteiger partial charge in [0.2, 0.25) is 0 Å². The van der Waals surface area contributed by atoms with Crippen molar-refractivity contribution in [1.29, 1.82) is 0 Å². The van der Waals surface area contributed by atoms with E-state index >= 15 is 0 Å². The molecular formula is C32H66MgO2. The third-order valence-corrected chi connectivity index (χ3v) is 7.02. The molecule has 0 heterocycles. The van der Waals surface area contributed by atoms with Crippen LogP contribution in [0.3, 0.4) is 0 Å². The molecule has 2 nitrogen and oxygen atoms in total. The molecule has 0 bridgehead atoms. The standard InChI is InChI=1S/2C16H33O.Mg/c2*1-3-5-7-9-11-13-15-16(17)14-12-10-8-6-4-2;/h2*16H,3-15H2,1-2H3;/q2*-1;+2. The molecule has 208 valence electrons. The Morgan fingerprint density at radius 3 is 0.686 bits per heavy atom. The van der Waals surface area contributed by atoms with E-state index in [-0.39, 0.29) is 35.3 Å². The molecule has 3 heteroatoms. The first kappa shape index (κ1) is 40.2. The molecule has 0 fully saturated rings. The van der Waals surface area contributed by atoms with Gasteiger partial charge >= 0.3 is 23.1 Å². The van der Waals surface area contributed by atoms with Gasteiger partial charge in [0, 0.05) is 0 Å². The Balaban J connectivity index is -0.000000569. The van der Waals surface area contributed by atoms with Crippen molar-refractivity contribution in [3.8, 4) is 0 Å². The average molecular weight is 507 g/mol. The molecule has 0 saturated heterocycles. The van der Waals surface area contributed by atoms with Gasteiger partial charge in [0.15, 0.2) is 0 Å². The van der Waals surface area contributed by atoms with E-state index in [0.29, 0.717) is 0 Å². The van der Waals surface area contributed by atoms with Crippen LogP contribution >= 0.6 is 0 Å². The summed E-state index contributed by atoms with van der Waals surface area (Å²) in [5.41, 5.74) is 0. The molecule has 0 aromatic heterocycles. The molecule has 0 spiro atoms. The minimum absolute atomic E-state index is 0. The van der Waals surface area contributed by atoms with E-state index in [4.69, 9.17) is 0 Å². The van der Waals surface area contributed by atoms with E-state index in [1.165, 1.54) is 116 Å². The van der Waals surface area contributed by atoms with Crippen molar-refractivity contribution in [2.24, 2.45) is 0 Å². The minimum atomic E-state index is -0.275. The molecule has 0 aliphatic carbocycles. The van der Waals surface area contributed by atoms with Crippen molar-refractivity contribution in [2.45, 2.75) is 207 Å². The largest absolute Gasteiger partial charge is 2.00 e. The molecule has 0 radical (unpaired) electrons. The zero-order valence-corrected chi connectivity index (χ0v) is 26.5. The van der Waals surface area contributed by atoms with Crippen LogP contribution in [0.15, 0.2) is 0 Å². The second-order valence-electron chi connectivity index (χ2n) is 10.8. The molecule has 0 aliphatic rings. The van der Waals surface area contributed by atoms with Crippen molar-refractivity contribution < 1.29 is 10.2 Å². The fraction of sp³-hybridized carbons (Fsp3) is 1.00. The van der Waals surface area contributed by atoms with Crippen molar-refractivity contribution in [1.82, 2.24) is 0 Å². The molecule has 0 aromatic carbocycles. The topological polar surface area (TPSA) is 46.1 Å². The van der Waals surface area contributed by atoms with E-state index < -0.39 is 0 Å². The fourth-order valence-corrected chi connectivity index (χ4v) is 4.54. The molecule has 2 unspecified atom stereocenters. The van der Waals surface area contributed by atoms with Gasteiger partial charge in [-0.15, -0.1) is 12.2 Å². The number of rotatable bonds is 26. The summed E-state index contributed by atoms with van der Waals surface area (Å²) < 4.78 is 0. The molecule has 0 aliphatic heterocycles. The van der Waals surface area contributed by atoms with Gasteiger partial charge in [-0.25, -0.2) is 0 Å². The monoisotopic (exact) mass is 506 g/mol. The van der Waals surface area contributed by atoms with Crippen molar-refractivity contribution >= 4 is 23.1 Å². The predicted molar refractivity (Wildman–Crippen MR) is 156 cm³/mol. The van der Waals surface area contributed by atoms with Gasteiger partial charge in [0.1, 0.15) is 0 Å². The summed E-state index contributed by atoms with van der Waals surface area (Å²) in [7, 11) is 0. The molecule has 35 heavy (non-hydrogen) atoms. The summed E-state index contributed by atoms with van der Waals surface area (Å²) in [5, 5.41) is 23.3. The summed E-state index contributed by atoms with van der Waals surface area (Å²) in [5.74, 6) is 0. The van der Waals surface area contributed by atoms with Gasteiger partial charge < -0.3 is 10.2 Å². The first-order valence-corrected chi connectivity index (χ1v) is 15.9. The average Bonchev–Trinajstić information content (AvgIpc) is 2.83. The Morgan fingerprint density at radius 1 is 0.314 bits per heavy atom. The summed E-state index contributed by atoms with van der Waals surface area (Å²) in [6, 6.07) is 0. The van der Waals surface area contributed by atoms with Crippen molar-refractivity contribution in [3.05, 3.63) is 0 Å². The normalized spacial score (nSPS) is 12.5. The van der Waals surface area contributed by atoms with Crippen LogP contribution in [0.5, 0.6) is 0 Å². The Morgan fingerprint density at radius 2 is 0.486 bits per heavy atom. The Kier molecular flexibility index (Phi) is 42.3. The van der Waals surface area contributed by atoms with Gasteiger partial charge in [-0.05, 0) is 0 Å². The van der Waals surface area contributed by atoms with E-state index in [0.717, 1.165) is 51.4 Å². The Labute approximate surface area is 239 Å². The van der Waals surface area contributed by atoms with Crippen LogP contribution in [0.1, 0.15) is 195 Å². The number of hydrogen-bond acceptors (Lipinski definition) is 2. The molecule has 0 saturated carbocycles. The molecule has 0 amide bonds. The third kappa shape index (κ3) is 39.4. The molecular weight excluding hydrogens is 441 g/mol. The van der Waals surface area contributed by atoms with Crippen LogP contribution in [0.4, 0.5) is 0 Å². The van der Waals surface area contributed by atoms with Crippen LogP contribution in [0, 0.1) is 0 Å². The smallest absolute Gasteiger partial charge is 0.852 e. The maximum absolute atomic E-state index is 11.6. The van der Waals surface area contributed by atoms with Gasteiger partial charge in [-0.3, -0.25) is 0 Å². The SMILES string of the molecule is CCCCCCCCC([O-])CCCCCCC.CCCCCCCCC([O-])CCCCCCC.[Mg+2]. The Bertz CT molecular complexity index is 306. The fourth-order valence-electron chi connectivity index (χ4n) is 4.54. The summed E-state index contributed by atoms with van der Waals surface area (Å²) in [6.07, 6.45) is 31.4. The van der Waals surface area contributed by atoms with E-state index in [1.54, 1.807) is 0 Å². The van der Waals surface area contributed by atoms with E-state index in [2.05, 4.69) is 27.7 Å². The van der Waals surface area contributed by atoms with E-state index in [9.17, 15) is 10.2 Å². The minimum Gasteiger partial charge on any atom is -0.852 e. The molecule has 0 aromatic rings. The quantitative estimate of drug-likeness (QED) is 0.0866. The maximum atomic E-state index is 11.6. The van der Waals surface area contributed by atoms with Crippen LogP contribution in [0.25, 0.3) is 0 Å². The summed E-state index contributed by atoms with van der Waals surface area (Å²) >= 11 is 0. The molecule has 2 atom stereocenters. The third-order valence-electron chi connectivity index (χ3n) is 7.02. The van der Waals surface area contributed by atoms with E-state index in [1.807, 2.05) is 0 Å². The second-order valence-corrected chi connectivity index (χ2v) is 10.8. The van der Waals surface area contributed by atoms with Gasteiger partial charge in [0.25, 0.3) is 0 Å². The molecule has 0 rings (SSSR count). The first-order valence-electron chi connectivity index (χ1n) is 15.9. The summed E-state index contributed by atoms with van der Waals surface area (Å²) in [4.78, 5) is 0. The number of hydrogen-bond donors (Lipinski definition) is 0. The van der Waals surface area contributed by atoms with Gasteiger partial charge in [0.05, 0.1) is 0 Å². The zero-order valence-electron chi connectivity index (χ0n) is 25.1. The van der Waals surface area contributed by atoms with Crippen molar-refractivity contribution in [2.75, 3.05) is 0 Å². The van der Waals surface area contributed by atoms with Gasteiger partial charge in [-0.1, -0.05) is 195 Å². The van der Waals surface area contributed by atoms with Crippen molar-refractivity contribution in [3.63, 3.8) is 0 Å².